The molecule has 1 aromatic heterocycles. The minimum absolute atomic E-state index is 0.287. The molecule has 2 N–H and O–H groups in total. The number of carbonyl (C=O) groups excluding carboxylic acids is 2. The Bertz CT molecular complexity index is 725. The maximum atomic E-state index is 12.6. The van der Waals surface area contributed by atoms with E-state index in [1.54, 1.807) is 6.92 Å². The Hall–Kier alpha value is -2.77. The van der Waals surface area contributed by atoms with E-state index in [2.05, 4.69) is 10.6 Å². The molecule has 2 rings (SSSR count). The lowest BCUT2D eigenvalue weighted by Gasteiger charge is -2.19. The quantitative estimate of drug-likeness (QED) is 0.865. The van der Waals surface area contributed by atoms with Gasteiger partial charge in [0.1, 0.15) is 12.3 Å². The van der Waals surface area contributed by atoms with Crippen LogP contribution < -0.4 is 10.6 Å². The first-order valence-corrected chi connectivity index (χ1v) is 7.49. The second kappa shape index (κ2) is 7.42. The minimum Gasteiger partial charge on any atom is -0.472 e. The van der Waals surface area contributed by atoms with Crippen LogP contribution in [0.4, 0.5) is 13.2 Å². The molecule has 0 saturated heterocycles. The van der Waals surface area contributed by atoms with E-state index in [0.29, 0.717) is 5.56 Å². The maximum absolute atomic E-state index is 12.6. The average Bonchev–Trinajstić information content (AvgIpc) is 3.08. The summed E-state index contributed by atoms with van der Waals surface area (Å²) in [5.41, 5.74) is 0.0562. The van der Waals surface area contributed by atoms with E-state index in [1.165, 1.54) is 37.6 Å². The van der Waals surface area contributed by atoms with Crippen LogP contribution in [-0.2, 0) is 11.0 Å². The van der Waals surface area contributed by atoms with Gasteiger partial charge in [0.25, 0.3) is 5.91 Å². The summed E-state index contributed by atoms with van der Waals surface area (Å²) in [4.78, 5) is 24.0. The molecular formula is C17H17F3N2O3. The van der Waals surface area contributed by atoms with Crippen molar-refractivity contribution in [3.8, 4) is 0 Å². The lowest BCUT2D eigenvalue weighted by molar-refractivity contribution is -0.137. The lowest BCUT2D eigenvalue weighted by Crippen LogP contribution is -2.45. The summed E-state index contributed by atoms with van der Waals surface area (Å²) in [6.45, 7) is 3.15. The van der Waals surface area contributed by atoms with Crippen molar-refractivity contribution in [1.29, 1.82) is 0 Å². The molecule has 1 heterocycles. The molecule has 0 fully saturated rings. The highest BCUT2D eigenvalue weighted by molar-refractivity contribution is 5.97. The molecule has 0 aliphatic rings. The highest BCUT2D eigenvalue weighted by Gasteiger charge is 2.30. The van der Waals surface area contributed by atoms with Gasteiger partial charge in [-0.05, 0) is 37.6 Å². The number of nitrogens with one attached hydrogen (secondary N) is 2. The van der Waals surface area contributed by atoms with Crippen LogP contribution in [0.15, 0.2) is 47.3 Å². The van der Waals surface area contributed by atoms with Crippen LogP contribution in [0.1, 0.15) is 41.4 Å². The number of carbonyl (C=O) groups is 2. The maximum Gasteiger partial charge on any atom is 0.416 e. The Morgan fingerprint density at radius 2 is 1.68 bits per heavy atom. The minimum atomic E-state index is -4.41. The van der Waals surface area contributed by atoms with Crippen LogP contribution in [-0.4, -0.2) is 17.9 Å². The zero-order valence-corrected chi connectivity index (χ0v) is 13.6. The Kier molecular flexibility index (Phi) is 5.51. The number of amides is 2. The molecular weight excluding hydrogens is 337 g/mol. The first-order chi connectivity index (χ1) is 11.7. The van der Waals surface area contributed by atoms with Crippen molar-refractivity contribution in [2.24, 2.45) is 0 Å². The predicted octanol–water partition coefficient (Wildman–Crippen LogP) is 3.29. The van der Waals surface area contributed by atoms with E-state index in [1.807, 2.05) is 0 Å². The van der Waals surface area contributed by atoms with E-state index in [0.717, 1.165) is 12.1 Å². The van der Waals surface area contributed by atoms with Crippen molar-refractivity contribution in [1.82, 2.24) is 10.6 Å². The standard InChI is InChI=1S/C17H17F3N2O3/c1-10(12-3-5-14(6-4-12)17(18,19)20)21-15(23)11(2)22-16(24)13-7-8-25-9-13/h3-11H,1-2H3,(H,21,23)(H,22,24)/t10-,11+/m1/s1. The monoisotopic (exact) mass is 354 g/mol. The number of hydrogen-bond donors (Lipinski definition) is 2. The van der Waals surface area contributed by atoms with Gasteiger partial charge in [0.15, 0.2) is 0 Å². The van der Waals surface area contributed by atoms with Crippen LogP contribution in [0.3, 0.4) is 0 Å². The lowest BCUT2D eigenvalue weighted by atomic mass is 10.1. The fourth-order valence-electron chi connectivity index (χ4n) is 2.12. The highest BCUT2D eigenvalue weighted by Crippen LogP contribution is 2.29. The summed E-state index contributed by atoms with van der Waals surface area (Å²) in [5, 5.41) is 5.15. The summed E-state index contributed by atoms with van der Waals surface area (Å²) in [6.07, 6.45) is -1.81. The smallest absolute Gasteiger partial charge is 0.416 e. The van der Waals surface area contributed by atoms with Crippen molar-refractivity contribution in [2.45, 2.75) is 32.1 Å². The van der Waals surface area contributed by atoms with Crippen molar-refractivity contribution < 1.29 is 27.2 Å². The van der Waals surface area contributed by atoms with Crippen LogP contribution in [0, 0.1) is 0 Å². The molecule has 0 aliphatic carbocycles. The zero-order valence-electron chi connectivity index (χ0n) is 13.6. The Morgan fingerprint density at radius 3 is 2.20 bits per heavy atom. The van der Waals surface area contributed by atoms with E-state index >= 15 is 0 Å². The van der Waals surface area contributed by atoms with Gasteiger partial charge in [-0.15, -0.1) is 0 Å². The average molecular weight is 354 g/mol. The van der Waals surface area contributed by atoms with E-state index in [-0.39, 0.29) is 5.56 Å². The number of halogens is 3. The molecule has 2 amide bonds. The molecule has 25 heavy (non-hydrogen) atoms. The third-order valence-corrected chi connectivity index (χ3v) is 3.62. The fourth-order valence-corrected chi connectivity index (χ4v) is 2.12. The fraction of sp³-hybridized carbons (Fsp3) is 0.294. The summed E-state index contributed by atoms with van der Waals surface area (Å²) < 4.78 is 42.5. The van der Waals surface area contributed by atoms with Crippen molar-refractivity contribution >= 4 is 11.8 Å². The first-order valence-electron chi connectivity index (χ1n) is 7.49. The Labute approximate surface area is 142 Å². The summed E-state index contributed by atoms with van der Waals surface area (Å²) in [7, 11) is 0. The number of alkyl halides is 3. The molecule has 0 radical (unpaired) electrons. The van der Waals surface area contributed by atoms with Gasteiger partial charge in [-0.25, -0.2) is 0 Å². The molecule has 0 unspecified atom stereocenters. The third kappa shape index (κ3) is 4.85. The molecule has 2 aromatic rings. The van der Waals surface area contributed by atoms with Gasteiger partial charge in [0, 0.05) is 0 Å². The van der Waals surface area contributed by atoms with E-state index in [4.69, 9.17) is 4.42 Å². The second-order valence-electron chi connectivity index (χ2n) is 5.56. The molecule has 2 atom stereocenters. The third-order valence-electron chi connectivity index (χ3n) is 3.62. The molecule has 0 bridgehead atoms. The van der Waals surface area contributed by atoms with E-state index in [9.17, 15) is 22.8 Å². The van der Waals surface area contributed by atoms with Gasteiger partial charge in [-0.3, -0.25) is 9.59 Å². The van der Waals surface area contributed by atoms with Crippen LogP contribution in [0.2, 0.25) is 0 Å². The second-order valence-corrected chi connectivity index (χ2v) is 5.56. The van der Waals surface area contributed by atoms with Gasteiger partial charge < -0.3 is 15.1 Å². The zero-order chi connectivity index (χ0) is 18.6. The molecule has 0 saturated carbocycles. The van der Waals surface area contributed by atoms with Gasteiger partial charge >= 0.3 is 6.18 Å². The predicted molar refractivity (Wildman–Crippen MR) is 83.6 cm³/mol. The number of rotatable bonds is 5. The summed E-state index contributed by atoms with van der Waals surface area (Å²) >= 11 is 0. The number of furan rings is 1. The largest absolute Gasteiger partial charge is 0.472 e. The molecule has 0 spiro atoms. The molecule has 1 aromatic carbocycles. The summed E-state index contributed by atoms with van der Waals surface area (Å²) in [6, 6.07) is 4.67. The summed E-state index contributed by atoms with van der Waals surface area (Å²) in [5.74, 6) is -0.914. The highest BCUT2D eigenvalue weighted by atomic mass is 19.4. The van der Waals surface area contributed by atoms with Gasteiger partial charge in [-0.2, -0.15) is 13.2 Å². The molecule has 134 valence electrons. The number of benzene rings is 1. The Morgan fingerprint density at radius 1 is 1.04 bits per heavy atom. The van der Waals surface area contributed by atoms with Crippen LogP contribution in [0.5, 0.6) is 0 Å². The van der Waals surface area contributed by atoms with Gasteiger partial charge in [0.05, 0.1) is 23.4 Å². The number of hydrogen-bond acceptors (Lipinski definition) is 3. The van der Waals surface area contributed by atoms with Gasteiger partial charge in [-0.1, -0.05) is 12.1 Å². The topological polar surface area (TPSA) is 71.3 Å². The van der Waals surface area contributed by atoms with E-state index < -0.39 is 35.6 Å². The van der Waals surface area contributed by atoms with Crippen LogP contribution in [0.25, 0.3) is 0 Å². The van der Waals surface area contributed by atoms with Crippen molar-refractivity contribution in [3.05, 3.63) is 59.5 Å². The van der Waals surface area contributed by atoms with Gasteiger partial charge in [0.2, 0.25) is 5.91 Å². The van der Waals surface area contributed by atoms with Crippen molar-refractivity contribution in [3.63, 3.8) is 0 Å². The first kappa shape index (κ1) is 18.6. The Balaban J connectivity index is 1.93. The molecule has 0 aliphatic heterocycles. The molecule has 5 nitrogen and oxygen atoms in total. The normalized spacial score (nSPS) is 13.8. The molecule has 8 heteroatoms. The van der Waals surface area contributed by atoms with Crippen molar-refractivity contribution in [2.75, 3.05) is 0 Å². The SMILES string of the molecule is C[C@H](NC(=O)c1ccoc1)C(=O)N[C@H](C)c1ccc(C(F)(F)F)cc1. The van der Waals surface area contributed by atoms with Crippen LogP contribution >= 0.6 is 0 Å².